The van der Waals surface area contributed by atoms with Gasteiger partial charge in [0, 0.05) is 0 Å². The standard InChI is InChI=1S/C13H15ClO2/c1-16-12-5-4-10(8-11(12)14)13(9-15)6-2-3-7-13/h4-5,8-9H,2-3,6-7H2,1H3. The maximum atomic E-state index is 11.3. The molecular weight excluding hydrogens is 224 g/mol. The highest BCUT2D eigenvalue weighted by Gasteiger charge is 2.35. The van der Waals surface area contributed by atoms with E-state index in [1.807, 2.05) is 18.2 Å². The number of carbonyl (C=O) groups excluding carboxylic acids is 1. The molecule has 2 rings (SSSR count). The molecule has 0 unspecified atom stereocenters. The molecule has 1 aromatic carbocycles. The molecule has 1 aliphatic rings. The number of halogens is 1. The second-order valence-corrected chi connectivity index (χ2v) is 4.74. The quantitative estimate of drug-likeness (QED) is 0.755. The van der Waals surface area contributed by atoms with E-state index >= 15 is 0 Å². The van der Waals surface area contributed by atoms with Gasteiger partial charge in [0.25, 0.3) is 0 Å². The lowest BCUT2D eigenvalue weighted by Gasteiger charge is -2.22. The van der Waals surface area contributed by atoms with Crippen LogP contribution in [-0.4, -0.2) is 13.4 Å². The van der Waals surface area contributed by atoms with Gasteiger partial charge in [0.1, 0.15) is 12.0 Å². The minimum atomic E-state index is -0.310. The summed E-state index contributed by atoms with van der Waals surface area (Å²) in [5, 5.41) is 0.577. The van der Waals surface area contributed by atoms with Crippen LogP contribution < -0.4 is 4.74 Å². The van der Waals surface area contributed by atoms with Crippen molar-refractivity contribution in [1.82, 2.24) is 0 Å². The van der Waals surface area contributed by atoms with E-state index in [0.29, 0.717) is 10.8 Å². The average Bonchev–Trinajstić information content (AvgIpc) is 2.78. The van der Waals surface area contributed by atoms with Gasteiger partial charge in [-0.1, -0.05) is 30.5 Å². The number of hydrogen-bond donors (Lipinski definition) is 0. The first kappa shape index (κ1) is 11.5. The number of carbonyl (C=O) groups is 1. The Hall–Kier alpha value is -1.02. The van der Waals surface area contributed by atoms with Gasteiger partial charge in [0.15, 0.2) is 0 Å². The van der Waals surface area contributed by atoms with Gasteiger partial charge in [-0.05, 0) is 30.5 Å². The summed E-state index contributed by atoms with van der Waals surface area (Å²) in [6, 6.07) is 5.64. The third-order valence-electron chi connectivity index (χ3n) is 3.45. The molecule has 3 heteroatoms. The number of benzene rings is 1. The molecule has 0 radical (unpaired) electrons. The number of hydrogen-bond acceptors (Lipinski definition) is 2. The largest absolute Gasteiger partial charge is 0.495 e. The number of aldehydes is 1. The maximum absolute atomic E-state index is 11.3. The van der Waals surface area contributed by atoms with E-state index in [2.05, 4.69) is 0 Å². The minimum absolute atomic E-state index is 0.310. The SMILES string of the molecule is COc1ccc(C2(C=O)CCCC2)cc1Cl. The molecule has 16 heavy (non-hydrogen) atoms. The first-order valence-corrected chi connectivity index (χ1v) is 5.90. The Morgan fingerprint density at radius 2 is 2.06 bits per heavy atom. The summed E-state index contributed by atoms with van der Waals surface area (Å²) in [4.78, 5) is 11.3. The molecule has 0 N–H and O–H groups in total. The Labute approximate surface area is 101 Å². The summed E-state index contributed by atoms with van der Waals surface area (Å²) in [7, 11) is 1.59. The second-order valence-electron chi connectivity index (χ2n) is 4.33. The van der Waals surface area contributed by atoms with Crippen LogP contribution in [0.3, 0.4) is 0 Å². The van der Waals surface area contributed by atoms with Crippen molar-refractivity contribution in [2.45, 2.75) is 31.1 Å². The highest BCUT2D eigenvalue weighted by atomic mass is 35.5. The van der Waals surface area contributed by atoms with Gasteiger partial charge in [0.2, 0.25) is 0 Å². The molecule has 0 amide bonds. The molecule has 1 fully saturated rings. The van der Waals surface area contributed by atoms with Crippen LogP contribution >= 0.6 is 11.6 Å². The monoisotopic (exact) mass is 238 g/mol. The number of rotatable bonds is 3. The zero-order valence-corrected chi connectivity index (χ0v) is 10.1. The zero-order valence-electron chi connectivity index (χ0n) is 9.33. The van der Waals surface area contributed by atoms with Crippen LogP contribution in [0.2, 0.25) is 5.02 Å². The first-order chi connectivity index (χ1) is 7.72. The van der Waals surface area contributed by atoms with E-state index in [9.17, 15) is 4.79 Å². The highest BCUT2D eigenvalue weighted by molar-refractivity contribution is 6.32. The lowest BCUT2D eigenvalue weighted by atomic mass is 9.80. The molecule has 1 saturated carbocycles. The van der Waals surface area contributed by atoms with Crippen molar-refractivity contribution in [2.75, 3.05) is 7.11 Å². The van der Waals surface area contributed by atoms with Crippen molar-refractivity contribution in [1.29, 1.82) is 0 Å². The van der Waals surface area contributed by atoms with E-state index < -0.39 is 0 Å². The fourth-order valence-electron chi connectivity index (χ4n) is 2.46. The fraction of sp³-hybridized carbons (Fsp3) is 0.462. The van der Waals surface area contributed by atoms with E-state index in [4.69, 9.17) is 16.3 Å². The molecule has 0 aliphatic heterocycles. The van der Waals surface area contributed by atoms with Gasteiger partial charge in [-0.2, -0.15) is 0 Å². The number of ether oxygens (including phenoxy) is 1. The van der Waals surface area contributed by atoms with Gasteiger partial charge in [-0.3, -0.25) is 0 Å². The average molecular weight is 239 g/mol. The molecule has 0 heterocycles. The smallest absolute Gasteiger partial charge is 0.137 e. The molecular formula is C13H15ClO2. The molecule has 1 aliphatic carbocycles. The molecule has 0 bridgehead atoms. The zero-order chi connectivity index (χ0) is 11.6. The van der Waals surface area contributed by atoms with Crippen LogP contribution in [0.15, 0.2) is 18.2 Å². The van der Waals surface area contributed by atoms with Crippen LogP contribution in [0.5, 0.6) is 5.75 Å². The predicted octanol–water partition coefficient (Wildman–Crippen LogP) is 3.36. The lowest BCUT2D eigenvalue weighted by Crippen LogP contribution is -2.23. The second kappa shape index (κ2) is 4.46. The number of methoxy groups -OCH3 is 1. The molecule has 86 valence electrons. The van der Waals surface area contributed by atoms with Crippen molar-refractivity contribution >= 4 is 17.9 Å². The molecule has 0 atom stereocenters. The molecule has 0 aromatic heterocycles. The summed E-state index contributed by atoms with van der Waals surface area (Å²) in [5.41, 5.74) is 0.710. The van der Waals surface area contributed by atoms with Crippen molar-refractivity contribution in [3.8, 4) is 5.75 Å². The van der Waals surface area contributed by atoms with Gasteiger partial charge in [0.05, 0.1) is 17.5 Å². The minimum Gasteiger partial charge on any atom is -0.495 e. The van der Waals surface area contributed by atoms with Gasteiger partial charge in [-0.15, -0.1) is 0 Å². The first-order valence-electron chi connectivity index (χ1n) is 5.52. The van der Waals surface area contributed by atoms with Crippen LogP contribution in [0.1, 0.15) is 31.2 Å². The molecule has 0 saturated heterocycles. The Balaban J connectivity index is 2.39. The molecule has 0 spiro atoms. The van der Waals surface area contributed by atoms with Crippen molar-refractivity contribution in [2.24, 2.45) is 0 Å². The molecule has 2 nitrogen and oxygen atoms in total. The van der Waals surface area contributed by atoms with Crippen molar-refractivity contribution in [3.05, 3.63) is 28.8 Å². The van der Waals surface area contributed by atoms with Crippen molar-refractivity contribution < 1.29 is 9.53 Å². The summed E-state index contributed by atoms with van der Waals surface area (Å²) in [5.74, 6) is 0.657. The Bertz CT molecular complexity index is 395. The van der Waals surface area contributed by atoms with E-state index in [1.54, 1.807) is 7.11 Å². The van der Waals surface area contributed by atoms with Gasteiger partial charge in [-0.25, -0.2) is 0 Å². The summed E-state index contributed by atoms with van der Waals surface area (Å²) in [6.07, 6.45) is 5.17. The summed E-state index contributed by atoms with van der Waals surface area (Å²) >= 11 is 6.09. The third kappa shape index (κ3) is 1.82. The summed E-state index contributed by atoms with van der Waals surface area (Å²) < 4.78 is 5.11. The van der Waals surface area contributed by atoms with Crippen LogP contribution in [-0.2, 0) is 10.2 Å². The highest BCUT2D eigenvalue weighted by Crippen LogP contribution is 2.41. The third-order valence-corrected chi connectivity index (χ3v) is 3.74. The summed E-state index contributed by atoms with van der Waals surface area (Å²) in [6.45, 7) is 0. The fourth-order valence-corrected chi connectivity index (χ4v) is 2.71. The molecule has 1 aromatic rings. The Morgan fingerprint density at radius 3 is 2.56 bits per heavy atom. The Kier molecular flexibility index (Phi) is 3.20. The van der Waals surface area contributed by atoms with E-state index in [1.165, 1.54) is 0 Å². The van der Waals surface area contributed by atoms with Crippen molar-refractivity contribution in [3.63, 3.8) is 0 Å². The van der Waals surface area contributed by atoms with Gasteiger partial charge < -0.3 is 9.53 Å². The normalized spacial score (nSPS) is 18.4. The Morgan fingerprint density at radius 1 is 1.38 bits per heavy atom. The predicted molar refractivity (Wildman–Crippen MR) is 64.2 cm³/mol. The van der Waals surface area contributed by atoms with Crippen LogP contribution in [0, 0.1) is 0 Å². The van der Waals surface area contributed by atoms with E-state index in [0.717, 1.165) is 37.5 Å². The topological polar surface area (TPSA) is 26.3 Å². The van der Waals surface area contributed by atoms with E-state index in [-0.39, 0.29) is 5.41 Å². The lowest BCUT2D eigenvalue weighted by molar-refractivity contribution is -0.112. The maximum Gasteiger partial charge on any atom is 0.137 e. The van der Waals surface area contributed by atoms with Crippen LogP contribution in [0.4, 0.5) is 0 Å². The van der Waals surface area contributed by atoms with Gasteiger partial charge >= 0.3 is 0 Å². The van der Waals surface area contributed by atoms with Crippen LogP contribution in [0.25, 0.3) is 0 Å².